The molecular formula is C13H26N2. The summed E-state index contributed by atoms with van der Waals surface area (Å²) < 4.78 is 0. The Morgan fingerprint density at radius 3 is 2.60 bits per heavy atom. The Labute approximate surface area is 94.4 Å². The van der Waals surface area contributed by atoms with E-state index in [0.717, 1.165) is 5.92 Å². The Kier molecular flexibility index (Phi) is 3.68. The maximum absolute atomic E-state index is 3.78. The van der Waals surface area contributed by atoms with Gasteiger partial charge >= 0.3 is 0 Å². The minimum Gasteiger partial charge on any atom is -0.310 e. The minimum atomic E-state index is 0.408. The summed E-state index contributed by atoms with van der Waals surface area (Å²) in [6.45, 7) is 9.82. The largest absolute Gasteiger partial charge is 0.310 e. The van der Waals surface area contributed by atoms with Crippen molar-refractivity contribution in [3.8, 4) is 0 Å². The molecule has 0 aromatic heterocycles. The highest BCUT2D eigenvalue weighted by Gasteiger charge is 2.32. The van der Waals surface area contributed by atoms with E-state index in [4.69, 9.17) is 0 Å². The number of hydrogen-bond donors (Lipinski definition) is 1. The topological polar surface area (TPSA) is 15.3 Å². The van der Waals surface area contributed by atoms with Gasteiger partial charge < -0.3 is 10.2 Å². The van der Waals surface area contributed by atoms with E-state index in [1.165, 1.54) is 58.3 Å². The van der Waals surface area contributed by atoms with Crippen molar-refractivity contribution in [2.45, 2.75) is 51.5 Å². The Bertz CT molecular complexity index is 195. The van der Waals surface area contributed by atoms with Crippen molar-refractivity contribution < 1.29 is 0 Å². The molecule has 0 bridgehead atoms. The van der Waals surface area contributed by atoms with Crippen LogP contribution in [0.5, 0.6) is 0 Å². The average Bonchev–Trinajstić information content (AvgIpc) is 3.06. The van der Waals surface area contributed by atoms with Gasteiger partial charge in [0.1, 0.15) is 0 Å². The molecule has 1 N–H and O–H groups in total. The molecule has 0 atom stereocenters. The van der Waals surface area contributed by atoms with Gasteiger partial charge in [-0.3, -0.25) is 0 Å². The lowest BCUT2D eigenvalue weighted by Gasteiger charge is -2.35. The van der Waals surface area contributed by atoms with Crippen molar-refractivity contribution in [1.29, 1.82) is 0 Å². The third kappa shape index (κ3) is 2.94. The summed E-state index contributed by atoms with van der Waals surface area (Å²) >= 11 is 0. The molecule has 1 aliphatic heterocycles. The maximum atomic E-state index is 3.78. The van der Waals surface area contributed by atoms with Gasteiger partial charge in [-0.05, 0) is 51.1 Å². The number of hydrogen-bond acceptors (Lipinski definition) is 2. The third-order valence-corrected chi connectivity index (χ3v) is 4.24. The highest BCUT2D eigenvalue weighted by molar-refractivity contribution is 4.92. The third-order valence-electron chi connectivity index (χ3n) is 4.24. The molecule has 2 aliphatic rings. The first-order chi connectivity index (χ1) is 7.28. The van der Waals surface area contributed by atoms with Crippen LogP contribution in [0.25, 0.3) is 0 Å². The fraction of sp³-hybridized carbons (Fsp3) is 1.00. The molecule has 0 unspecified atom stereocenters. The van der Waals surface area contributed by atoms with E-state index < -0.39 is 0 Å². The molecule has 88 valence electrons. The molecule has 0 aromatic rings. The van der Waals surface area contributed by atoms with Crippen molar-refractivity contribution in [2.75, 3.05) is 26.2 Å². The van der Waals surface area contributed by atoms with Crippen LogP contribution in [0.4, 0.5) is 0 Å². The van der Waals surface area contributed by atoms with E-state index in [-0.39, 0.29) is 0 Å². The van der Waals surface area contributed by atoms with Gasteiger partial charge in [0.25, 0.3) is 0 Å². The molecule has 2 rings (SSSR count). The SMILES string of the molecule is CCC1(CC)CN(CC2CC2)CCCN1. The second-order valence-corrected chi connectivity index (χ2v) is 5.45. The molecular weight excluding hydrogens is 184 g/mol. The van der Waals surface area contributed by atoms with Crippen molar-refractivity contribution in [3.63, 3.8) is 0 Å². The summed E-state index contributed by atoms with van der Waals surface area (Å²) in [5.41, 5.74) is 0.408. The first-order valence-corrected chi connectivity index (χ1v) is 6.75. The summed E-state index contributed by atoms with van der Waals surface area (Å²) in [5.74, 6) is 1.04. The van der Waals surface area contributed by atoms with Crippen LogP contribution in [0.15, 0.2) is 0 Å². The highest BCUT2D eigenvalue weighted by atomic mass is 15.2. The van der Waals surface area contributed by atoms with E-state index >= 15 is 0 Å². The lowest BCUT2D eigenvalue weighted by atomic mass is 9.92. The van der Waals surface area contributed by atoms with Crippen molar-refractivity contribution in [3.05, 3.63) is 0 Å². The van der Waals surface area contributed by atoms with Gasteiger partial charge in [-0.25, -0.2) is 0 Å². The van der Waals surface area contributed by atoms with Gasteiger partial charge in [0.15, 0.2) is 0 Å². The van der Waals surface area contributed by atoms with Crippen LogP contribution in [0.1, 0.15) is 46.0 Å². The molecule has 1 heterocycles. The fourth-order valence-corrected chi connectivity index (χ4v) is 2.76. The second kappa shape index (κ2) is 4.84. The first-order valence-electron chi connectivity index (χ1n) is 6.75. The van der Waals surface area contributed by atoms with Gasteiger partial charge in [-0.1, -0.05) is 13.8 Å². The summed E-state index contributed by atoms with van der Waals surface area (Å²) in [5, 5.41) is 3.78. The normalized spacial score (nSPS) is 27.6. The van der Waals surface area contributed by atoms with Gasteiger partial charge in [-0.2, -0.15) is 0 Å². The smallest absolute Gasteiger partial charge is 0.0303 e. The zero-order valence-corrected chi connectivity index (χ0v) is 10.4. The van der Waals surface area contributed by atoms with Crippen LogP contribution >= 0.6 is 0 Å². The van der Waals surface area contributed by atoms with E-state index in [1.54, 1.807) is 0 Å². The number of rotatable bonds is 4. The van der Waals surface area contributed by atoms with Crippen LogP contribution in [0.2, 0.25) is 0 Å². The van der Waals surface area contributed by atoms with Crippen LogP contribution in [-0.2, 0) is 0 Å². The number of nitrogens with zero attached hydrogens (tertiary/aromatic N) is 1. The molecule has 2 fully saturated rings. The van der Waals surface area contributed by atoms with Gasteiger partial charge in [-0.15, -0.1) is 0 Å². The molecule has 1 aliphatic carbocycles. The second-order valence-electron chi connectivity index (χ2n) is 5.45. The Balaban J connectivity index is 1.93. The van der Waals surface area contributed by atoms with E-state index in [2.05, 4.69) is 24.1 Å². The first kappa shape index (κ1) is 11.4. The van der Waals surface area contributed by atoms with E-state index in [9.17, 15) is 0 Å². The molecule has 15 heavy (non-hydrogen) atoms. The van der Waals surface area contributed by atoms with Crippen LogP contribution in [-0.4, -0.2) is 36.6 Å². The lowest BCUT2D eigenvalue weighted by molar-refractivity contribution is 0.191. The van der Waals surface area contributed by atoms with Crippen LogP contribution in [0.3, 0.4) is 0 Å². The monoisotopic (exact) mass is 210 g/mol. The molecule has 0 amide bonds. The van der Waals surface area contributed by atoms with Crippen molar-refractivity contribution in [1.82, 2.24) is 10.2 Å². The van der Waals surface area contributed by atoms with Gasteiger partial charge in [0, 0.05) is 18.6 Å². The molecule has 0 spiro atoms. The molecule has 1 saturated carbocycles. The Hall–Kier alpha value is -0.0800. The molecule has 2 heteroatoms. The predicted octanol–water partition coefficient (Wildman–Crippen LogP) is 2.25. The zero-order valence-electron chi connectivity index (χ0n) is 10.4. The van der Waals surface area contributed by atoms with Gasteiger partial charge in [0.2, 0.25) is 0 Å². The van der Waals surface area contributed by atoms with Gasteiger partial charge in [0.05, 0.1) is 0 Å². The Morgan fingerprint density at radius 2 is 2.00 bits per heavy atom. The highest BCUT2D eigenvalue weighted by Crippen LogP contribution is 2.31. The van der Waals surface area contributed by atoms with E-state index in [0.29, 0.717) is 5.54 Å². The fourth-order valence-electron chi connectivity index (χ4n) is 2.76. The standard InChI is InChI=1S/C13H26N2/c1-3-13(4-2)11-15(9-5-8-14-13)10-12-6-7-12/h12,14H,3-11H2,1-2H3. The minimum absolute atomic E-state index is 0.408. The summed E-state index contributed by atoms with van der Waals surface area (Å²) in [4.78, 5) is 2.71. The molecule has 0 radical (unpaired) electrons. The summed E-state index contributed by atoms with van der Waals surface area (Å²) in [7, 11) is 0. The van der Waals surface area contributed by atoms with Crippen LogP contribution < -0.4 is 5.32 Å². The quantitative estimate of drug-likeness (QED) is 0.765. The number of nitrogens with one attached hydrogen (secondary N) is 1. The van der Waals surface area contributed by atoms with Crippen molar-refractivity contribution >= 4 is 0 Å². The zero-order chi connectivity index (χ0) is 10.7. The van der Waals surface area contributed by atoms with E-state index in [1.807, 2.05) is 0 Å². The Morgan fingerprint density at radius 1 is 1.27 bits per heavy atom. The predicted molar refractivity (Wildman–Crippen MR) is 65.1 cm³/mol. The summed E-state index contributed by atoms with van der Waals surface area (Å²) in [6.07, 6.45) is 6.83. The average molecular weight is 210 g/mol. The molecule has 0 aromatic carbocycles. The molecule has 1 saturated heterocycles. The lowest BCUT2D eigenvalue weighted by Crippen LogP contribution is -2.50. The summed E-state index contributed by atoms with van der Waals surface area (Å²) in [6, 6.07) is 0. The van der Waals surface area contributed by atoms with Crippen LogP contribution in [0, 0.1) is 5.92 Å². The van der Waals surface area contributed by atoms with Crippen molar-refractivity contribution in [2.24, 2.45) is 5.92 Å². The molecule has 2 nitrogen and oxygen atoms in total. The maximum Gasteiger partial charge on any atom is 0.0303 e.